The summed E-state index contributed by atoms with van der Waals surface area (Å²) in [6.45, 7) is 6.64. The Morgan fingerprint density at radius 3 is 2.47 bits per heavy atom. The summed E-state index contributed by atoms with van der Waals surface area (Å²) in [4.78, 5) is 14.2. The van der Waals surface area contributed by atoms with Crippen LogP contribution in [-0.2, 0) is 5.60 Å². The highest BCUT2D eigenvalue weighted by Gasteiger charge is 2.22. The van der Waals surface area contributed by atoms with Crippen molar-refractivity contribution in [2.75, 3.05) is 0 Å². The van der Waals surface area contributed by atoms with Crippen molar-refractivity contribution in [3.05, 3.63) is 87.5 Å². The molecule has 10 heteroatoms. The molecule has 0 saturated heterocycles. The zero-order valence-corrected chi connectivity index (χ0v) is 20.6. The molecule has 0 spiro atoms. The second kappa shape index (κ2) is 8.65. The van der Waals surface area contributed by atoms with E-state index in [1.165, 1.54) is 17.4 Å². The molecule has 5 rings (SSSR count). The molecule has 0 saturated carbocycles. The second-order valence-electron chi connectivity index (χ2n) is 8.89. The predicted octanol–water partition coefficient (Wildman–Crippen LogP) is 6.02. The average Bonchev–Trinajstić information content (AvgIpc) is 3.44. The van der Waals surface area contributed by atoms with Gasteiger partial charge in [0.25, 0.3) is 5.89 Å². The Kier molecular flexibility index (Phi) is 5.73. The fraction of sp³-hybridized carbons (Fsp3) is 0.192. The monoisotopic (exact) mass is 509 g/mol. The number of ether oxygens (including phenoxy) is 1. The first kappa shape index (κ1) is 23.8. The maximum absolute atomic E-state index is 14.4. The van der Waals surface area contributed by atoms with Gasteiger partial charge in [0, 0.05) is 24.8 Å². The van der Waals surface area contributed by atoms with E-state index in [9.17, 15) is 18.7 Å². The Morgan fingerprint density at radius 2 is 1.81 bits per heavy atom. The number of fused-ring (bicyclic) bond motifs is 1. The molecule has 0 unspecified atom stereocenters. The topological polar surface area (TPSA) is 90.4 Å². The number of nitrogens with zero attached hydrogens (tertiary/aromatic N) is 3. The molecule has 3 aromatic heterocycles. The lowest BCUT2D eigenvalue weighted by Crippen LogP contribution is -2.16. The zero-order chi connectivity index (χ0) is 25.8. The van der Waals surface area contributed by atoms with Crippen LogP contribution in [0.5, 0.6) is 11.5 Å². The summed E-state index contributed by atoms with van der Waals surface area (Å²) in [7, 11) is 0. The number of aryl methyl sites for hydroxylation is 2. The number of thiophene rings is 1. The molecule has 0 aliphatic heterocycles. The van der Waals surface area contributed by atoms with Gasteiger partial charge in [-0.05, 0) is 56.7 Å². The van der Waals surface area contributed by atoms with E-state index < -0.39 is 17.2 Å². The molecule has 0 radical (unpaired) electrons. The minimum absolute atomic E-state index is 0.161. The number of aliphatic hydroxyl groups is 1. The van der Waals surface area contributed by atoms with Crippen LogP contribution in [0, 0.1) is 25.5 Å². The third-order valence-corrected chi connectivity index (χ3v) is 6.75. The molecule has 0 bridgehead atoms. The van der Waals surface area contributed by atoms with Gasteiger partial charge >= 0.3 is 0 Å². The van der Waals surface area contributed by atoms with E-state index in [0.717, 1.165) is 12.1 Å². The molecule has 36 heavy (non-hydrogen) atoms. The smallest absolute Gasteiger partial charge is 0.257 e. The van der Waals surface area contributed by atoms with Crippen LogP contribution >= 0.6 is 11.3 Å². The lowest BCUT2D eigenvalue weighted by Gasteiger charge is -2.22. The van der Waals surface area contributed by atoms with Gasteiger partial charge in [-0.1, -0.05) is 6.07 Å². The molecule has 0 aliphatic rings. The largest absolute Gasteiger partial charge is 0.452 e. The van der Waals surface area contributed by atoms with E-state index in [1.54, 1.807) is 62.7 Å². The molecular formula is C26H21F2N3O4S. The van der Waals surface area contributed by atoms with Gasteiger partial charge in [0.1, 0.15) is 10.6 Å². The van der Waals surface area contributed by atoms with Gasteiger partial charge in [-0.15, -0.1) is 21.5 Å². The van der Waals surface area contributed by atoms with Crippen LogP contribution in [0.1, 0.15) is 30.9 Å². The summed E-state index contributed by atoms with van der Waals surface area (Å²) in [6.07, 6.45) is 1.65. The summed E-state index contributed by atoms with van der Waals surface area (Å²) in [5.74, 6) is -0.843. The Morgan fingerprint density at radius 1 is 1.06 bits per heavy atom. The Hall–Kier alpha value is -3.89. The minimum Gasteiger partial charge on any atom is -0.452 e. The molecule has 0 amide bonds. The van der Waals surface area contributed by atoms with E-state index in [1.807, 2.05) is 0 Å². The van der Waals surface area contributed by atoms with Gasteiger partial charge in [0.05, 0.1) is 21.6 Å². The Balaban J connectivity index is 1.76. The van der Waals surface area contributed by atoms with Crippen molar-refractivity contribution in [2.24, 2.45) is 0 Å². The van der Waals surface area contributed by atoms with Crippen molar-refractivity contribution in [1.29, 1.82) is 0 Å². The number of pyridine rings is 1. The van der Waals surface area contributed by atoms with E-state index in [2.05, 4.69) is 10.2 Å². The lowest BCUT2D eigenvalue weighted by atomic mass is 9.97. The molecule has 0 aliphatic carbocycles. The Bertz CT molecular complexity index is 1680. The molecule has 3 heterocycles. The first-order valence-electron chi connectivity index (χ1n) is 11.0. The third-order valence-electron chi connectivity index (χ3n) is 5.63. The van der Waals surface area contributed by atoms with Crippen molar-refractivity contribution in [3.8, 4) is 28.0 Å². The summed E-state index contributed by atoms with van der Waals surface area (Å²) >= 11 is 1.27. The SMILES string of the molecule is Cc1nnc(-c2cc3c(=O)c(C)cn(-c4cc(C(C)(C)O)ccc4Oc4ccc(F)cc4F)c3s2)o1. The summed E-state index contributed by atoms with van der Waals surface area (Å²) in [6, 6.07) is 9.69. The van der Waals surface area contributed by atoms with Crippen molar-refractivity contribution in [1.82, 2.24) is 14.8 Å². The van der Waals surface area contributed by atoms with Crippen LogP contribution in [0.25, 0.3) is 26.7 Å². The highest BCUT2D eigenvalue weighted by molar-refractivity contribution is 7.21. The third kappa shape index (κ3) is 4.29. The summed E-state index contributed by atoms with van der Waals surface area (Å²) < 4.78 is 41.0. The van der Waals surface area contributed by atoms with Gasteiger partial charge in [-0.2, -0.15) is 0 Å². The molecule has 5 aromatic rings. The van der Waals surface area contributed by atoms with Crippen molar-refractivity contribution in [3.63, 3.8) is 0 Å². The predicted molar refractivity (Wildman–Crippen MR) is 132 cm³/mol. The zero-order valence-electron chi connectivity index (χ0n) is 19.8. The molecule has 1 N–H and O–H groups in total. The number of halogens is 2. The number of benzene rings is 2. The molecule has 7 nitrogen and oxygen atoms in total. The van der Waals surface area contributed by atoms with Crippen molar-refractivity contribution >= 4 is 21.6 Å². The average molecular weight is 510 g/mol. The van der Waals surface area contributed by atoms with Crippen LogP contribution < -0.4 is 10.2 Å². The normalized spacial score (nSPS) is 11.9. The van der Waals surface area contributed by atoms with Crippen LogP contribution in [0.4, 0.5) is 8.78 Å². The fourth-order valence-electron chi connectivity index (χ4n) is 3.78. The van der Waals surface area contributed by atoms with E-state index in [4.69, 9.17) is 9.15 Å². The number of aromatic nitrogens is 3. The summed E-state index contributed by atoms with van der Waals surface area (Å²) in [5, 5.41) is 19.0. The van der Waals surface area contributed by atoms with Crippen molar-refractivity contribution < 1.29 is 23.0 Å². The van der Waals surface area contributed by atoms with E-state index in [0.29, 0.717) is 37.8 Å². The number of hydrogen-bond acceptors (Lipinski definition) is 7. The van der Waals surface area contributed by atoms with Crippen molar-refractivity contribution in [2.45, 2.75) is 33.3 Å². The first-order chi connectivity index (χ1) is 17.0. The van der Waals surface area contributed by atoms with Gasteiger partial charge in [0.2, 0.25) is 5.89 Å². The van der Waals surface area contributed by atoms with Crippen LogP contribution in [0.2, 0.25) is 0 Å². The van der Waals surface area contributed by atoms with Crippen LogP contribution in [-0.4, -0.2) is 19.9 Å². The van der Waals surface area contributed by atoms with Gasteiger partial charge in [0.15, 0.2) is 22.7 Å². The second-order valence-corrected chi connectivity index (χ2v) is 9.92. The number of hydrogen-bond donors (Lipinski definition) is 1. The maximum Gasteiger partial charge on any atom is 0.257 e. The standard InChI is InChI=1S/C26H21F2N3O4S/c1-13-12-31(25-17(23(13)32)11-22(36-25)24-30-29-14(2)34-24)19-9-15(26(3,4)33)5-7-21(19)35-20-8-6-16(27)10-18(20)28/h5-12,33H,1-4H3. The first-order valence-corrected chi connectivity index (χ1v) is 11.8. The number of rotatable bonds is 5. The molecule has 184 valence electrons. The highest BCUT2D eigenvalue weighted by Crippen LogP contribution is 2.38. The molecular weight excluding hydrogens is 488 g/mol. The van der Waals surface area contributed by atoms with Crippen LogP contribution in [0.15, 0.2) is 57.9 Å². The molecule has 0 fully saturated rings. The van der Waals surface area contributed by atoms with Crippen LogP contribution in [0.3, 0.4) is 0 Å². The van der Waals surface area contributed by atoms with Gasteiger partial charge < -0.3 is 18.8 Å². The minimum atomic E-state index is -1.19. The highest BCUT2D eigenvalue weighted by atomic mass is 32.1. The van der Waals surface area contributed by atoms with Gasteiger partial charge in [-0.3, -0.25) is 4.79 Å². The van der Waals surface area contributed by atoms with Gasteiger partial charge in [-0.25, -0.2) is 8.78 Å². The molecule has 2 aromatic carbocycles. The lowest BCUT2D eigenvalue weighted by molar-refractivity contribution is 0.0785. The Labute approximate surface area is 208 Å². The van der Waals surface area contributed by atoms with E-state index in [-0.39, 0.29) is 22.8 Å². The fourth-order valence-corrected chi connectivity index (χ4v) is 4.84. The maximum atomic E-state index is 14.4. The summed E-state index contributed by atoms with van der Waals surface area (Å²) in [5.41, 5.74) is 0.121. The van der Waals surface area contributed by atoms with E-state index >= 15 is 0 Å². The quantitative estimate of drug-likeness (QED) is 0.312. The molecule has 0 atom stereocenters.